The van der Waals surface area contributed by atoms with Crippen molar-refractivity contribution in [2.45, 2.75) is 87.0 Å². The molecule has 0 aliphatic carbocycles. The highest BCUT2D eigenvalue weighted by atomic mass is 16.6. The Morgan fingerprint density at radius 1 is 1.12 bits per heavy atom. The first kappa shape index (κ1) is 32.5. The SMILES string of the molecule is C=C=C1c2cccnc2N=C(C)N1CC1=CCC([C@](CC)(CC=C)C[C@@H](C)c2ccc(C)cc2)=NO1.CC.CC. The molecule has 0 bridgehead atoms. The van der Waals surface area contributed by atoms with Gasteiger partial charge in [0.2, 0.25) is 0 Å². The van der Waals surface area contributed by atoms with Crippen molar-refractivity contribution in [3.8, 4) is 0 Å². The van der Waals surface area contributed by atoms with Crippen LogP contribution in [0.5, 0.6) is 0 Å². The summed E-state index contributed by atoms with van der Waals surface area (Å²) in [7, 11) is 0. The lowest BCUT2D eigenvalue weighted by molar-refractivity contribution is 0.194. The third-order valence-corrected chi connectivity index (χ3v) is 7.41. The Labute approximate surface area is 242 Å². The van der Waals surface area contributed by atoms with Crippen molar-refractivity contribution in [1.82, 2.24) is 9.88 Å². The van der Waals surface area contributed by atoms with Crippen LogP contribution in [0.15, 0.2) is 89.5 Å². The summed E-state index contributed by atoms with van der Waals surface area (Å²) in [4.78, 5) is 17.1. The minimum absolute atomic E-state index is 0.0899. The van der Waals surface area contributed by atoms with Gasteiger partial charge in [0, 0.05) is 18.0 Å². The van der Waals surface area contributed by atoms with Crippen molar-refractivity contribution in [1.29, 1.82) is 0 Å². The molecule has 2 atom stereocenters. The van der Waals surface area contributed by atoms with Crippen molar-refractivity contribution in [3.05, 3.63) is 96.1 Å². The van der Waals surface area contributed by atoms with E-state index in [1.807, 2.05) is 52.8 Å². The maximum atomic E-state index is 6.02. The molecular formula is C35H48N4O. The highest BCUT2D eigenvalue weighted by Crippen LogP contribution is 2.42. The summed E-state index contributed by atoms with van der Waals surface area (Å²) in [5.41, 5.74) is 8.48. The zero-order valence-electron chi connectivity index (χ0n) is 25.9. The van der Waals surface area contributed by atoms with E-state index in [1.165, 1.54) is 11.1 Å². The lowest BCUT2D eigenvalue weighted by Crippen LogP contribution is -2.35. The molecule has 5 heteroatoms. The number of allylic oxidation sites excluding steroid dienone is 2. The van der Waals surface area contributed by atoms with Crippen LogP contribution in [0.25, 0.3) is 5.70 Å². The number of hydrogen-bond donors (Lipinski definition) is 0. The van der Waals surface area contributed by atoms with E-state index in [2.05, 4.69) is 84.9 Å². The number of aliphatic imine (C=N–C) groups is 1. The summed E-state index contributed by atoms with van der Waals surface area (Å²) in [6.07, 6.45) is 9.52. The second-order valence-corrected chi connectivity index (χ2v) is 9.79. The first-order chi connectivity index (χ1) is 19.4. The van der Waals surface area contributed by atoms with Crippen LogP contribution < -0.4 is 0 Å². The van der Waals surface area contributed by atoms with Gasteiger partial charge in [-0.15, -0.1) is 12.3 Å². The number of nitrogens with zero attached hydrogens (tertiary/aromatic N) is 4. The standard InChI is InChI=1S/C31H36N4O.2C2H6/c1-7-18-31(9-3,20-23(5)25-14-12-22(4)13-15-25)29-17-16-26(36-34-29)21-35-24(6)33-30-27(28(35)8-2)11-10-19-32-30;2*1-2/h7,10-16,19,23H,1-2,9,17-18,20-21H2,3-6H3;2*1-2H3/t23-,31-;;/m1../s1. The van der Waals surface area contributed by atoms with Crippen molar-refractivity contribution < 1.29 is 4.84 Å². The first-order valence-electron chi connectivity index (χ1n) is 14.7. The highest BCUT2D eigenvalue weighted by molar-refractivity contribution is 5.96. The molecule has 0 fully saturated rings. The number of aromatic nitrogens is 1. The Morgan fingerprint density at radius 3 is 2.40 bits per heavy atom. The predicted molar refractivity (Wildman–Crippen MR) is 172 cm³/mol. The molecule has 2 aliphatic heterocycles. The van der Waals surface area contributed by atoms with Crippen LogP contribution in [0.2, 0.25) is 0 Å². The summed E-state index contributed by atoms with van der Waals surface area (Å²) in [6, 6.07) is 12.8. The topological polar surface area (TPSA) is 50.1 Å². The van der Waals surface area contributed by atoms with Gasteiger partial charge in [-0.05, 0) is 62.8 Å². The molecule has 0 unspecified atom stereocenters. The fraction of sp³-hybridized carbons (Fsp3) is 0.429. The van der Waals surface area contributed by atoms with Gasteiger partial charge >= 0.3 is 0 Å². The number of pyridine rings is 1. The fourth-order valence-corrected chi connectivity index (χ4v) is 5.22. The Hall–Kier alpha value is -3.69. The van der Waals surface area contributed by atoms with Crippen LogP contribution in [-0.2, 0) is 4.84 Å². The highest BCUT2D eigenvalue weighted by Gasteiger charge is 2.36. The van der Waals surface area contributed by atoms with Gasteiger partial charge < -0.3 is 9.74 Å². The molecule has 5 nitrogen and oxygen atoms in total. The van der Waals surface area contributed by atoms with Gasteiger partial charge in [-0.3, -0.25) is 0 Å². The second kappa shape index (κ2) is 15.8. The first-order valence-corrected chi connectivity index (χ1v) is 14.7. The number of rotatable bonds is 9. The Bertz CT molecular complexity index is 1260. The van der Waals surface area contributed by atoms with E-state index in [9.17, 15) is 0 Å². The summed E-state index contributed by atoms with van der Waals surface area (Å²) >= 11 is 0. The summed E-state index contributed by atoms with van der Waals surface area (Å²) in [6.45, 7) is 25.1. The van der Waals surface area contributed by atoms with Crippen molar-refractivity contribution in [3.63, 3.8) is 0 Å². The van der Waals surface area contributed by atoms with Crippen LogP contribution in [0.1, 0.15) is 96.8 Å². The van der Waals surface area contributed by atoms with Gasteiger partial charge in [-0.25, -0.2) is 9.98 Å². The second-order valence-electron chi connectivity index (χ2n) is 9.79. The van der Waals surface area contributed by atoms with Crippen molar-refractivity contribution >= 4 is 23.1 Å². The van der Waals surface area contributed by atoms with Crippen molar-refractivity contribution in [2.24, 2.45) is 15.6 Å². The molecule has 0 amide bonds. The van der Waals surface area contributed by atoms with E-state index in [1.54, 1.807) is 6.20 Å². The zero-order chi connectivity index (χ0) is 29.7. The quantitative estimate of drug-likeness (QED) is 0.235. The largest absolute Gasteiger partial charge is 0.360 e. The molecule has 1 aromatic heterocycles. The molecule has 2 aliphatic rings. The van der Waals surface area contributed by atoms with Gasteiger partial charge in [0.15, 0.2) is 11.6 Å². The van der Waals surface area contributed by atoms with Crippen LogP contribution in [0.3, 0.4) is 0 Å². The molecule has 40 heavy (non-hydrogen) atoms. The van der Waals surface area contributed by atoms with Gasteiger partial charge in [-0.1, -0.05) is 89.2 Å². The van der Waals surface area contributed by atoms with E-state index in [-0.39, 0.29) is 5.41 Å². The number of benzene rings is 1. The molecule has 4 rings (SSSR count). The van der Waals surface area contributed by atoms with E-state index < -0.39 is 0 Å². The van der Waals surface area contributed by atoms with Crippen molar-refractivity contribution in [2.75, 3.05) is 6.54 Å². The molecule has 2 aromatic rings. The molecule has 214 valence electrons. The minimum atomic E-state index is -0.0899. The molecule has 1 aromatic carbocycles. The van der Waals surface area contributed by atoms with Crippen LogP contribution >= 0.6 is 0 Å². The Kier molecular flexibility index (Phi) is 12.8. The Balaban J connectivity index is 0.00000134. The molecule has 0 spiro atoms. The monoisotopic (exact) mass is 540 g/mol. The van der Waals surface area contributed by atoms with E-state index >= 15 is 0 Å². The summed E-state index contributed by atoms with van der Waals surface area (Å²) in [5.74, 6) is 2.72. The average Bonchev–Trinajstić information content (AvgIpc) is 3.00. The summed E-state index contributed by atoms with van der Waals surface area (Å²) in [5, 5.41) is 4.70. The van der Waals surface area contributed by atoms with Gasteiger partial charge in [0.05, 0.1) is 23.5 Å². The number of hydrogen-bond acceptors (Lipinski definition) is 5. The predicted octanol–water partition coefficient (Wildman–Crippen LogP) is 9.76. The Morgan fingerprint density at radius 2 is 1.82 bits per heavy atom. The lowest BCUT2D eigenvalue weighted by atomic mass is 9.69. The smallest absolute Gasteiger partial charge is 0.163 e. The van der Waals surface area contributed by atoms with Gasteiger partial charge in [-0.2, -0.15) is 0 Å². The molecule has 0 saturated heterocycles. The summed E-state index contributed by atoms with van der Waals surface area (Å²) < 4.78 is 0. The molecule has 3 heterocycles. The molecule has 0 N–H and O–H groups in total. The number of oxime groups is 1. The maximum Gasteiger partial charge on any atom is 0.163 e. The molecular weight excluding hydrogens is 492 g/mol. The lowest BCUT2D eigenvalue weighted by Gasteiger charge is -2.37. The maximum absolute atomic E-state index is 6.02. The number of amidine groups is 1. The van der Waals surface area contributed by atoms with E-state index in [0.717, 1.165) is 54.3 Å². The van der Waals surface area contributed by atoms with E-state index in [4.69, 9.17) is 9.99 Å². The normalized spacial score (nSPS) is 16.1. The number of fused-ring (bicyclic) bond motifs is 1. The third kappa shape index (κ3) is 7.49. The van der Waals surface area contributed by atoms with E-state index in [0.29, 0.717) is 18.3 Å². The van der Waals surface area contributed by atoms with Gasteiger partial charge in [0.1, 0.15) is 5.84 Å². The fourth-order valence-electron chi connectivity index (χ4n) is 5.22. The van der Waals surface area contributed by atoms with Crippen LogP contribution in [0.4, 0.5) is 5.82 Å². The minimum Gasteiger partial charge on any atom is -0.360 e. The number of aryl methyl sites for hydroxylation is 1. The van der Waals surface area contributed by atoms with Gasteiger partial charge in [0.25, 0.3) is 0 Å². The molecule has 0 saturated carbocycles. The van der Waals surface area contributed by atoms with Crippen LogP contribution in [0, 0.1) is 12.3 Å². The zero-order valence-corrected chi connectivity index (χ0v) is 25.9. The third-order valence-electron chi connectivity index (χ3n) is 7.41. The average molecular weight is 541 g/mol. The molecule has 0 radical (unpaired) electrons. The van der Waals surface area contributed by atoms with Crippen LogP contribution in [-0.4, -0.2) is 28.0 Å².